The van der Waals surface area contributed by atoms with E-state index < -0.39 is 5.54 Å². The molecule has 1 saturated heterocycles. The van der Waals surface area contributed by atoms with Gasteiger partial charge in [-0.15, -0.1) is 0 Å². The SMILES string of the molecule is CCN(CCOc1cc(N2C(=O)N(Cc3ccnc4ccccc34)C(C)(C)C2=O)ccc1OC)c1cccnc1. The van der Waals surface area contributed by atoms with Gasteiger partial charge >= 0.3 is 6.03 Å². The van der Waals surface area contributed by atoms with Gasteiger partial charge in [-0.2, -0.15) is 0 Å². The van der Waals surface area contributed by atoms with Gasteiger partial charge in [0.05, 0.1) is 36.7 Å². The molecule has 4 aromatic rings. The topological polar surface area (TPSA) is 88.1 Å². The van der Waals surface area contributed by atoms with E-state index in [-0.39, 0.29) is 18.5 Å². The van der Waals surface area contributed by atoms with Crippen molar-refractivity contribution in [1.82, 2.24) is 14.9 Å². The Balaban J connectivity index is 1.37. The van der Waals surface area contributed by atoms with E-state index in [4.69, 9.17) is 9.47 Å². The third kappa shape index (κ3) is 5.02. The number of ether oxygens (including phenoxy) is 2. The second-order valence-corrected chi connectivity index (χ2v) is 10.0. The number of fused-ring (bicyclic) bond motifs is 1. The van der Waals surface area contributed by atoms with Crippen LogP contribution >= 0.6 is 0 Å². The van der Waals surface area contributed by atoms with E-state index >= 15 is 0 Å². The predicted octanol–water partition coefficient (Wildman–Crippen LogP) is 5.29. The maximum atomic E-state index is 13.8. The molecule has 1 aliphatic heterocycles. The van der Waals surface area contributed by atoms with Crippen LogP contribution in [0.15, 0.2) is 79.3 Å². The highest BCUT2D eigenvalue weighted by Gasteiger charge is 2.52. The molecule has 206 valence electrons. The Hall–Kier alpha value is -4.66. The molecule has 0 aliphatic carbocycles. The van der Waals surface area contributed by atoms with Gasteiger partial charge in [0.15, 0.2) is 11.5 Å². The van der Waals surface area contributed by atoms with Gasteiger partial charge in [-0.05, 0) is 62.7 Å². The Morgan fingerprint density at radius 2 is 1.80 bits per heavy atom. The Labute approximate surface area is 234 Å². The van der Waals surface area contributed by atoms with Gasteiger partial charge in [0.2, 0.25) is 0 Å². The smallest absolute Gasteiger partial charge is 0.332 e. The lowest BCUT2D eigenvalue weighted by Gasteiger charge is -2.28. The zero-order valence-electron chi connectivity index (χ0n) is 23.2. The van der Waals surface area contributed by atoms with Crippen molar-refractivity contribution in [3.8, 4) is 11.5 Å². The van der Waals surface area contributed by atoms with Crippen LogP contribution in [0.25, 0.3) is 10.9 Å². The molecule has 0 radical (unpaired) electrons. The fourth-order valence-corrected chi connectivity index (χ4v) is 4.99. The number of aromatic nitrogens is 2. The number of benzene rings is 2. The monoisotopic (exact) mass is 539 g/mol. The van der Waals surface area contributed by atoms with Crippen LogP contribution in [0.4, 0.5) is 16.2 Å². The number of methoxy groups -OCH3 is 1. The lowest BCUT2D eigenvalue weighted by molar-refractivity contribution is -0.123. The minimum atomic E-state index is -1.05. The van der Waals surface area contributed by atoms with E-state index in [1.165, 1.54) is 4.90 Å². The molecule has 2 aromatic heterocycles. The number of pyridine rings is 2. The van der Waals surface area contributed by atoms with Gasteiger partial charge in [0.1, 0.15) is 12.1 Å². The molecule has 9 nitrogen and oxygen atoms in total. The molecule has 5 rings (SSSR count). The van der Waals surface area contributed by atoms with Gasteiger partial charge in [-0.3, -0.25) is 14.8 Å². The highest BCUT2D eigenvalue weighted by atomic mass is 16.5. The zero-order chi connectivity index (χ0) is 28.3. The fraction of sp³-hybridized carbons (Fsp3) is 0.290. The number of likely N-dealkylation sites (N-methyl/N-ethyl adjacent to an activating group) is 1. The number of hydrogen-bond acceptors (Lipinski definition) is 7. The third-order valence-corrected chi connectivity index (χ3v) is 7.31. The molecule has 3 amide bonds. The molecule has 0 spiro atoms. The first-order valence-corrected chi connectivity index (χ1v) is 13.3. The third-order valence-electron chi connectivity index (χ3n) is 7.31. The van der Waals surface area contributed by atoms with Crippen molar-refractivity contribution < 1.29 is 19.1 Å². The van der Waals surface area contributed by atoms with Crippen LogP contribution in [0.3, 0.4) is 0 Å². The number of rotatable bonds is 10. The number of carbonyl (C=O) groups excluding carboxylic acids is 2. The minimum Gasteiger partial charge on any atom is -0.493 e. The number of anilines is 2. The molecule has 1 aliphatic rings. The van der Waals surface area contributed by atoms with Crippen LogP contribution in [-0.4, -0.2) is 59.2 Å². The molecule has 3 heterocycles. The normalized spacial score (nSPS) is 14.6. The highest BCUT2D eigenvalue weighted by Crippen LogP contribution is 2.38. The maximum Gasteiger partial charge on any atom is 0.332 e. The van der Waals surface area contributed by atoms with E-state index in [0.717, 1.165) is 28.7 Å². The first-order chi connectivity index (χ1) is 19.3. The largest absolute Gasteiger partial charge is 0.493 e. The van der Waals surface area contributed by atoms with Crippen molar-refractivity contribution in [2.24, 2.45) is 0 Å². The Bertz CT molecular complexity index is 1520. The second-order valence-electron chi connectivity index (χ2n) is 10.0. The Morgan fingerprint density at radius 1 is 0.975 bits per heavy atom. The van der Waals surface area contributed by atoms with E-state index in [1.807, 2.05) is 48.7 Å². The van der Waals surface area contributed by atoms with Gasteiger partial charge in [0, 0.05) is 36.9 Å². The van der Waals surface area contributed by atoms with Gasteiger partial charge in [-0.25, -0.2) is 9.69 Å². The average Bonchev–Trinajstić information content (AvgIpc) is 3.14. The number of hydrogen-bond donors (Lipinski definition) is 0. The van der Waals surface area contributed by atoms with Crippen molar-refractivity contribution in [1.29, 1.82) is 0 Å². The summed E-state index contributed by atoms with van der Waals surface area (Å²) >= 11 is 0. The number of nitrogens with zero attached hydrogens (tertiary/aromatic N) is 5. The molecule has 0 bridgehead atoms. The maximum absolute atomic E-state index is 13.8. The first kappa shape index (κ1) is 26.9. The molecule has 2 aromatic carbocycles. The summed E-state index contributed by atoms with van der Waals surface area (Å²) in [7, 11) is 1.56. The quantitative estimate of drug-likeness (QED) is 0.253. The standard InChI is InChI=1S/C31H33N5O4/c1-5-34(24-9-8-15-32-20-24)17-18-40-28-19-23(12-13-27(28)39-4)36-29(37)31(2,3)35(30(36)38)21-22-14-16-33-26-11-7-6-10-25(22)26/h6-16,19-20H,5,17-18,21H2,1-4H3. The molecular weight excluding hydrogens is 506 g/mol. The minimum absolute atomic E-state index is 0.276. The number of imide groups is 1. The van der Waals surface area contributed by atoms with Gasteiger partial charge < -0.3 is 19.3 Å². The van der Waals surface area contributed by atoms with Crippen molar-refractivity contribution in [2.45, 2.75) is 32.9 Å². The molecule has 1 fully saturated rings. The molecule has 0 N–H and O–H groups in total. The number of para-hydroxylation sites is 1. The van der Waals surface area contributed by atoms with Crippen LogP contribution in [0.5, 0.6) is 11.5 Å². The first-order valence-electron chi connectivity index (χ1n) is 13.3. The van der Waals surface area contributed by atoms with Crippen molar-refractivity contribution in [3.05, 3.63) is 84.8 Å². The Kier molecular flexibility index (Phi) is 7.55. The molecular formula is C31H33N5O4. The highest BCUT2D eigenvalue weighted by molar-refractivity contribution is 6.23. The zero-order valence-corrected chi connectivity index (χ0v) is 23.2. The summed E-state index contributed by atoms with van der Waals surface area (Å²) in [6, 6.07) is 18.3. The fourth-order valence-electron chi connectivity index (χ4n) is 4.99. The van der Waals surface area contributed by atoms with Crippen LogP contribution in [0.1, 0.15) is 26.3 Å². The van der Waals surface area contributed by atoms with Crippen LogP contribution in [0, 0.1) is 0 Å². The summed E-state index contributed by atoms with van der Waals surface area (Å²) in [5, 5.41) is 0.951. The number of amides is 3. The van der Waals surface area contributed by atoms with Crippen molar-refractivity contribution in [3.63, 3.8) is 0 Å². The molecule has 40 heavy (non-hydrogen) atoms. The molecule has 0 unspecified atom stereocenters. The van der Waals surface area contributed by atoms with Crippen LogP contribution in [0.2, 0.25) is 0 Å². The molecule has 0 atom stereocenters. The van der Waals surface area contributed by atoms with Gasteiger partial charge in [0.25, 0.3) is 5.91 Å². The number of carbonyl (C=O) groups is 2. The van der Waals surface area contributed by atoms with Crippen molar-refractivity contribution in [2.75, 3.05) is 36.6 Å². The predicted molar refractivity (Wildman–Crippen MR) is 155 cm³/mol. The van der Waals surface area contributed by atoms with E-state index in [1.54, 1.807) is 56.4 Å². The van der Waals surface area contributed by atoms with Crippen LogP contribution in [-0.2, 0) is 11.3 Å². The van der Waals surface area contributed by atoms with Gasteiger partial charge in [-0.1, -0.05) is 18.2 Å². The molecule has 0 saturated carbocycles. The second kappa shape index (κ2) is 11.2. The summed E-state index contributed by atoms with van der Waals surface area (Å²) < 4.78 is 11.6. The summed E-state index contributed by atoms with van der Waals surface area (Å²) in [5.41, 5.74) is 2.16. The summed E-state index contributed by atoms with van der Waals surface area (Å²) in [6.45, 7) is 7.68. The Morgan fingerprint density at radius 3 is 2.55 bits per heavy atom. The summed E-state index contributed by atoms with van der Waals surface area (Å²) in [5.74, 6) is 0.673. The lowest BCUT2D eigenvalue weighted by atomic mass is 10.0. The average molecular weight is 540 g/mol. The molecule has 9 heteroatoms. The van der Waals surface area contributed by atoms with Crippen LogP contribution < -0.4 is 19.3 Å². The van der Waals surface area contributed by atoms with E-state index in [0.29, 0.717) is 30.3 Å². The summed E-state index contributed by atoms with van der Waals surface area (Å²) in [4.78, 5) is 41.0. The van der Waals surface area contributed by atoms with Crippen molar-refractivity contribution >= 4 is 34.2 Å². The van der Waals surface area contributed by atoms with E-state index in [2.05, 4.69) is 21.8 Å². The summed E-state index contributed by atoms with van der Waals surface area (Å²) in [6.07, 6.45) is 5.29. The number of urea groups is 1. The lowest BCUT2D eigenvalue weighted by Crippen LogP contribution is -2.43. The van der Waals surface area contributed by atoms with E-state index in [9.17, 15) is 9.59 Å².